The molecule has 1 saturated carbocycles. The summed E-state index contributed by atoms with van der Waals surface area (Å²) in [4.78, 5) is 4.62. The number of guanidine groups is 1. The van der Waals surface area contributed by atoms with Crippen molar-refractivity contribution in [3.63, 3.8) is 0 Å². The summed E-state index contributed by atoms with van der Waals surface area (Å²) in [7, 11) is 0. The minimum Gasteiger partial charge on any atom is -0.525 e. The molecule has 4 heteroatoms. The molecule has 0 spiro atoms. The van der Waals surface area contributed by atoms with E-state index in [4.69, 9.17) is 0 Å². The molecule has 192 valence electrons. The molecule has 36 heavy (non-hydrogen) atoms. The monoisotopic (exact) mass is 660 g/mol. The molecule has 0 bridgehead atoms. The Morgan fingerprint density at radius 3 is 1.08 bits per heavy atom. The van der Waals surface area contributed by atoms with E-state index < -0.39 is 0 Å². The predicted octanol–water partition coefficient (Wildman–Crippen LogP) is 10.2. The topological polar surface area (TPSA) is 40.6 Å². The van der Waals surface area contributed by atoms with E-state index in [0.717, 1.165) is 46.7 Å². The Bertz CT molecular complexity index is 993. The minimum absolute atomic E-state index is 0. The van der Waals surface area contributed by atoms with Crippen molar-refractivity contribution in [1.29, 1.82) is 0 Å². The van der Waals surface area contributed by atoms with Crippen molar-refractivity contribution in [2.45, 2.75) is 55.4 Å². The molecule has 0 radical (unpaired) electrons. The van der Waals surface area contributed by atoms with Gasteiger partial charge in [0, 0.05) is 0 Å². The zero-order valence-corrected chi connectivity index (χ0v) is 25.4. The maximum absolute atomic E-state index is 4.62. The van der Waals surface area contributed by atoms with Crippen molar-refractivity contribution in [1.82, 2.24) is 0 Å². The van der Waals surface area contributed by atoms with Crippen LogP contribution in [-0.4, -0.2) is 5.96 Å². The van der Waals surface area contributed by atoms with Gasteiger partial charge in [-0.3, -0.25) is 0 Å². The molecule has 3 aromatic rings. The van der Waals surface area contributed by atoms with Gasteiger partial charge in [0.05, 0.1) is 0 Å². The quantitative estimate of drug-likeness (QED) is 0.198. The van der Waals surface area contributed by atoms with Crippen LogP contribution in [0.1, 0.15) is 51.3 Å². The molecule has 4 rings (SSSR count). The van der Waals surface area contributed by atoms with Crippen LogP contribution >= 0.6 is 0 Å². The van der Waals surface area contributed by atoms with E-state index >= 15 is 0 Å². The van der Waals surface area contributed by atoms with Crippen molar-refractivity contribution >= 4 is 23.0 Å². The second kappa shape index (κ2) is 13.8. The van der Waals surface area contributed by atoms with Gasteiger partial charge in [-0.1, -0.05) is 141 Å². The van der Waals surface area contributed by atoms with E-state index in [9.17, 15) is 0 Å². The van der Waals surface area contributed by atoms with Gasteiger partial charge >= 0.3 is 20.1 Å². The van der Waals surface area contributed by atoms with E-state index in [-0.39, 0.29) is 20.1 Å². The van der Waals surface area contributed by atoms with Gasteiger partial charge in [-0.2, -0.15) is 5.96 Å². The van der Waals surface area contributed by atoms with Crippen LogP contribution in [-0.2, 0) is 20.1 Å². The van der Waals surface area contributed by atoms with Gasteiger partial charge in [0.2, 0.25) is 0 Å². The molecule has 0 saturated heterocycles. The van der Waals surface area contributed by atoms with Crippen LogP contribution in [0.15, 0.2) is 77.8 Å². The molecule has 3 aromatic carbocycles. The molecule has 0 unspecified atom stereocenters. The summed E-state index contributed by atoms with van der Waals surface area (Å²) in [5.41, 5.74) is 6.12. The minimum atomic E-state index is 0. The van der Waals surface area contributed by atoms with Crippen LogP contribution in [0.5, 0.6) is 0 Å². The molecule has 1 aliphatic rings. The first kappa shape index (κ1) is 29.8. The van der Waals surface area contributed by atoms with Gasteiger partial charge in [-0.25, -0.2) is 0 Å². The third-order valence-corrected chi connectivity index (χ3v) is 7.94. The van der Waals surface area contributed by atoms with Crippen LogP contribution < -0.4 is 0 Å². The Kier molecular flexibility index (Phi) is 11.4. The zero-order chi connectivity index (χ0) is 25.5. The fourth-order valence-corrected chi connectivity index (χ4v) is 4.67. The SMILES string of the molecule is CC1C(C)C(C)C(C)C1C.Cc1ccc(N=C([N-]c2ccc(C)cc2)[N-]c2ccc(C)cc2)cc1.[Ir+3]. The fraction of sp³-hybridized carbons (Fsp3) is 0.406. The van der Waals surface area contributed by atoms with Crippen LogP contribution in [0.4, 0.5) is 17.1 Å². The Hall–Kier alpha value is -2.42. The number of hydrogen-bond acceptors (Lipinski definition) is 1. The number of hydrogen-bond donors (Lipinski definition) is 0. The van der Waals surface area contributed by atoms with Gasteiger partial charge in [0.1, 0.15) is 0 Å². The van der Waals surface area contributed by atoms with E-state index in [2.05, 4.69) is 71.0 Å². The normalized spacial score (nSPS) is 22.5. The largest absolute Gasteiger partial charge is 3.00 e. The van der Waals surface area contributed by atoms with Gasteiger partial charge in [0.25, 0.3) is 0 Å². The van der Waals surface area contributed by atoms with E-state index in [1.165, 1.54) is 16.7 Å². The van der Waals surface area contributed by atoms with Crippen LogP contribution in [0, 0.1) is 50.4 Å². The van der Waals surface area contributed by atoms with Crippen molar-refractivity contribution in [2.75, 3.05) is 0 Å². The number of aryl methyl sites for hydroxylation is 3. The standard InChI is InChI=1S/C22H21N3.C10H20.Ir/c1-16-4-10-19(11-5-16)23-22(24-20-12-6-17(2)7-13-20)25-21-14-8-18(3)9-15-21;1-6-7(2)9(4)10(5)8(6)3;/h4-15H,1-3H3;6-10H,1-5H3;/q-2;;+3. The third-order valence-electron chi connectivity index (χ3n) is 7.94. The van der Waals surface area contributed by atoms with Crippen molar-refractivity contribution in [3.05, 3.63) is 100 Å². The summed E-state index contributed by atoms with van der Waals surface area (Å²) in [5.74, 6) is 5.12. The maximum Gasteiger partial charge on any atom is 3.00 e. The summed E-state index contributed by atoms with van der Waals surface area (Å²) in [5, 5.41) is 9.24. The van der Waals surface area contributed by atoms with E-state index in [0.29, 0.717) is 5.96 Å². The second-order valence-corrected chi connectivity index (χ2v) is 10.4. The summed E-state index contributed by atoms with van der Waals surface area (Å²) >= 11 is 0. The van der Waals surface area contributed by atoms with Crippen LogP contribution in [0.2, 0.25) is 0 Å². The molecule has 0 aromatic heterocycles. The smallest absolute Gasteiger partial charge is 0.525 e. The Morgan fingerprint density at radius 2 is 0.778 bits per heavy atom. The number of benzene rings is 3. The molecule has 1 aliphatic carbocycles. The summed E-state index contributed by atoms with van der Waals surface area (Å²) < 4.78 is 0. The molecule has 1 fully saturated rings. The first-order valence-electron chi connectivity index (χ1n) is 12.9. The molecule has 3 nitrogen and oxygen atoms in total. The molecular formula is C32H41IrN3+. The Morgan fingerprint density at radius 1 is 0.500 bits per heavy atom. The molecule has 0 N–H and O–H groups in total. The predicted molar refractivity (Wildman–Crippen MR) is 152 cm³/mol. The Labute approximate surface area is 232 Å². The van der Waals surface area contributed by atoms with Crippen molar-refractivity contribution in [2.24, 2.45) is 34.6 Å². The average Bonchev–Trinajstić information content (AvgIpc) is 3.01. The van der Waals surface area contributed by atoms with Crippen LogP contribution in [0.3, 0.4) is 0 Å². The van der Waals surface area contributed by atoms with Gasteiger partial charge in [-0.15, -0.1) is 0 Å². The van der Waals surface area contributed by atoms with Gasteiger partial charge in [-0.05, 0) is 50.4 Å². The van der Waals surface area contributed by atoms with Crippen molar-refractivity contribution in [3.8, 4) is 0 Å². The molecule has 0 heterocycles. The number of nitrogens with zero attached hydrogens (tertiary/aromatic N) is 3. The molecular weight excluding hydrogens is 619 g/mol. The first-order chi connectivity index (χ1) is 16.6. The maximum atomic E-state index is 4.62. The molecule has 0 aliphatic heterocycles. The Balaban J connectivity index is 0.000000350. The number of aliphatic imine (C=N–C) groups is 1. The van der Waals surface area contributed by atoms with Gasteiger partial charge < -0.3 is 15.6 Å². The second-order valence-electron chi connectivity index (χ2n) is 10.4. The van der Waals surface area contributed by atoms with E-state index in [1.807, 2.05) is 72.8 Å². The fourth-order valence-electron chi connectivity index (χ4n) is 4.67. The van der Waals surface area contributed by atoms with Gasteiger partial charge in [0.15, 0.2) is 0 Å². The molecule has 0 amide bonds. The molecule has 0 atom stereocenters. The average molecular weight is 660 g/mol. The summed E-state index contributed by atoms with van der Waals surface area (Å²) in [6, 6.07) is 24.1. The summed E-state index contributed by atoms with van der Waals surface area (Å²) in [6.45, 7) is 18.2. The summed E-state index contributed by atoms with van der Waals surface area (Å²) in [6.07, 6.45) is 0. The number of rotatable bonds is 3. The first-order valence-corrected chi connectivity index (χ1v) is 12.9. The third kappa shape index (κ3) is 8.32. The van der Waals surface area contributed by atoms with Crippen LogP contribution in [0.25, 0.3) is 10.6 Å². The van der Waals surface area contributed by atoms with Crippen molar-refractivity contribution < 1.29 is 20.1 Å². The zero-order valence-electron chi connectivity index (χ0n) is 23.0. The van der Waals surface area contributed by atoms with E-state index in [1.54, 1.807) is 0 Å².